The Balaban J connectivity index is 0.00000109. The molecule has 0 unspecified atom stereocenters. The summed E-state index contributed by atoms with van der Waals surface area (Å²) in [5.74, 6) is 0.531. The highest BCUT2D eigenvalue weighted by Crippen LogP contribution is 2.65. The molecule has 642 valence electrons. The molecule has 2 aromatic rings. The van der Waals surface area contributed by atoms with Crippen LogP contribution in [-0.4, -0.2) is 29.8 Å². The lowest BCUT2D eigenvalue weighted by Crippen LogP contribution is -2.29. The van der Waals surface area contributed by atoms with Crippen LogP contribution in [0, 0.1) is 6.92 Å². The molecule has 0 saturated carbocycles. The van der Waals surface area contributed by atoms with Gasteiger partial charge >= 0.3 is 15.2 Å². The first-order valence-electron chi connectivity index (χ1n) is 47.9. The highest BCUT2D eigenvalue weighted by atomic mass is 31.2. The third kappa shape index (κ3) is 48.6. The third-order valence-corrected chi connectivity index (χ3v) is 28.4. The van der Waals surface area contributed by atoms with E-state index in [1.54, 1.807) is 0 Å². The van der Waals surface area contributed by atoms with Gasteiger partial charge in [-0.25, -0.2) is 0 Å². The lowest BCUT2D eigenvalue weighted by atomic mass is 9.75. The van der Waals surface area contributed by atoms with Crippen molar-refractivity contribution >= 4 is 15.2 Å². The van der Waals surface area contributed by atoms with Crippen LogP contribution >= 0.6 is 15.2 Å². The van der Waals surface area contributed by atoms with E-state index < -0.39 is 25.5 Å². The first kappa shape index (κ1) is 105. The quantitative estimate of drug-likeness (QED) is 0.0283. The Morgan fingerprint density at radius 2 is 0.367 bits per heavy atom. The van der Waals surface area contributed by atoms with Crippen LogP contribution in [0.1, 0.15) is 560 Å². The van der Waals surface area contributed by atoms with Gasteiger partial charge in [0.15, 0.2) is 0 Å². The monoisotopic (exact) mass is 1570 g/mol. The zero-order valence-corrected chi connectivity index (χ0v) is 77.1. The van der Waals surface area contributed by atoms with Crippen molar-refractivity contribution in [2.45, 2.75) is 560 Å². The summed E-state index contributed by atoms with van der Waals surface area (Å²) in [5, 5.41) is 20.1. The molecule has 0 atom stereocenters. The normalized spacial score (nSPS) is 12.8. The van der Waals surface area contributed by atoms with Crippen LogP contribution in [0.4, 0.5) is 0 Å². The number of aryl methyl sites for hydroxylation is 1. The Kier molecular flexibility index (Phi) is 61.4. The lowest BCUT2D eigenvalue weighted by molar-refractivity contribution is 0.295. The maximum absolute atomic E-state index is 13.9. The van der Waals surface area contributed by atoms with Gasteiger partial charge in [0.2, 0.25) is 0 Å². The number of rotatable bonds is 72. The maximum atomic E-state index is 13.9. The van der Waals surface area contributed by atoms with Crippen LogP contribution in [0.3, 0.4) is 0 Å². The second-order valence-electron chi connectivity index (χ2n) is 38.2. The van der Waals surface area contributed by atoms with Crippen molar-refractivity contribution < 1.29 is 38.9 Å². The second-order valence-corrected chi connectivity index (χ2v) is 42.1. The fraction of sp³-hybridized carbons (Fsp3) is 0.879. The van der Waals surface area contributed by atoms with E-state index in [1.165, 1.54) is 334 Å². The van der Waals surface area contributed by atoms with Gasteiger partial charge in [-0.05, 0) is 82.2 Å². The molecule has 0 bridgehead atoms. The SMILES string of the molecule is CCCCCCCCCCCCCCCCCCC(CCCCCCCCCCCCCCCCCC)(c1cc(C(C)(C)C)c(O)c(C(C)(C)C)c1)P(=O)(O)O.CCCCCCCCCCCCCCCCCCC(CCCCCCCCCCCCCCCCCC)(c1cc(C)c(O)c(C(C)(C)C)c1)P(=O)(O)O. The van der Waals surface area contributed by atoms with E-state index in [0.29, 0.717) is 31.2 Å². The summed E-state index contributed by atoms with van der Waals surface area (Å²) in [4.78, 5) is 44.9. The summed E-state index contributed by atoms with van der Waals surface area (Å²) in [6, 6.07) is 7.73. The van der Waals surface area contributed by atoms with E-state index in [-0.39, 0.29) is 27.7 Å². The Morgan fingerprint density at radius 1 is 0.229 bits per heavy atom. The summed E-state index contributed by atoms with van der Waals surface area (Å²) in [5.41, 5.74) is 3.50. The van der Waals surface area contributed by atoms with Crippen molar-refractivity contribution in [1.82, 2.24) is 0 Å². The Labute approximate surface area is 679 Å². The average molecular weight is 1570 g/mol. The number of hydrogen-bond acceptors (Lipinski definition) is 4. The summed E-state index contributed by atoms with van der Waals surface area (Å²) < 4.78 is 27.5. The lowest BCUT2D eigenvalue weighted by Gasteiger charge is -2.38. The van der Waals surface area contributed by atoms with Crippen LogP contribution in [0.5, 0.6) is 11.5 Å². The molecule has 0 aliphatic heterocycles. The molecule has 109 heavy (non-hydrogen) atoms. The largest absolute Gasteiger partial charge is 0.507 e. The molecule has 0 spiro atoms. The Morgan fingerprint density at radius 3 is 0.514 bits per heavy atom. The van der Waals surface area contributed by atoms with Gasteiger partial charge in [0.1, 0.15) is 11.5 Å². The highest BCUT2D eigenvalue weighted by molar-refractivity contribution is 7.53. The van der Waals surface area contributed by atoms with Gasteiger partial charge in [0, 0.05) is 0 Å². The molecule has 0 fully saturated rings. The van der Waals surface area contributed by atoms with Crippen molar-refractivity contribution in [3.05, 3.63) is 57.6 Å². The Hall–Kier alpha value is -1.66. The molecule has 0 aromatic heterocycles. The first-order valence-corrected chi connectivity index (χ1v) is 51.1. The van der Waals surface area contributed by atoms with Gasteiger partial charge < -0.3 is 29.8 Å². The molecule has 10 heteroatoms. The van der Waals surface area contributed by atoms with Crippen molar-refractivity contribution in [2.75, 3.05) is 0 Å². The van der Waals surface area contributed by atoms with Gasteiger partial charge in [0.05, 0.1) is 10.3 Å². The minimum absolute atomic E-state index is 0.255. The molecule has 6 N–H and O–H groups in total. The fourth-order valence-electron chi connectivity index (χ4n) is 17.3. The van der Waals surface area contributed by atoms with Crippen LogP contribution < -0.4 is 0 Å². The van der Waals surface area contributed by atoms with Crippen LogP contribution in [0.15, 0.2) is 24.3 Å². The summed E-state index contributed by atoms with van der Waals surface area (Å²) in [6.45, 7) is 29.7. The smallest absolute Gasteiger partial charge is 0.335 e. The molecule has 0 radical (unpaired) electrons. The van der Waals surface area contributed by atoms with Crippen LogP contribution in [-0.2, 0) is 35.7 Å². The summed E-state index contributed by atoms with van der Waals surface area (Å²) in [6.07, 6.45) is 84.3. The molecule has 8 nitrogen and oxygen atoms in total. The van der Waals surface area contributed by atoms with Gasteiger partial charge in [-0.15, -0.1) is 0 Å². The predicted octanol–water partition coefficient (Wildman–Crippen LogP) is 34.3. The van der Waals surface area contributed by atoms with Crippen LogP contribution in [0.2, 0.25) is 0 Å². The molecule has 0 aliphatic carbocycles. The maximum Gasteiger partial charge on any atom is 0.335 e. The average Bonchev–Trinajstić information content (AvgIpc) is 0.750. The van der Waals surface area contributed by atoms with Gasteiger partial charge in [-0.3, -0.25) is 9.13 Å². The zero-order valence-electron chi connectivity index (χ0n) is 75.3. The highest BCUT2D eigenvalue weighted by Gasteiger charge is 2.50. The third-order valence-electron chi connectivity index (χ3n) is 24.8. The molecule has 0 aliphatic rings. The number of phenolic OH excluding ortho intramolecular Hbond substituents is 2. The molecular formula is C99H188O8P2. The van der Waals surface area contributed by atoms with Crippen molar-refractivity contribution in [1.29, 1.82) is 0 Å². The molecule has 0 heterocycles. The van der Waals surface area contributed by atoms with E-state index in [0.717, 1.165) is 105 Å². The van der Waals surface area contributed by atoms with Crippen LogP contribution in [0.25, 0.3) is 0 Å². The second kappa shape index (κ2) is 63.5. The van der Waals surface area contributed by atoms with Crippen molar-refractivity contribution in [3.8, 4) is 11.5 Å². The minimum Gasteiger partial charge on any atom is -0.507 e. The van der Waals surface area contributed by atoms with Gasteiger partial charge in [-0.1, -0.05) is 525 Å². The van der Waals surface area contributed by atoms with Gasteiger partial charge in [0.25, 0.3) is 0 Å². The van der Waals surface area contributed by atoms with E-state index in [4.69, 9.17) is 0 Å². The molecular weight excluding hydrogens is 1380 g/mol. The predicted molar refractivity (Wildman–Crippen MR) is 481 cm³/mol. The summed E-state index contributed by atoms with van der Waals surface area (Å²) >= 11 is 0. The van der Waals surface area contributed by atoms with Gasteiger partial charge in [-0.2, -0.15) is 0 Å². The van der Waals surface area contributed by atoms with E-state index in [1.807, 2.05) is 31.2 Å². The van der Waals surface area contributed by atoms with E-state index >= 15 is 0 Å². The Bertz CT molecular complexity index is 2430. The van der Waals surface area contributed by atoms with Crippen molar-refractivity contribution in [2.24, 2.45) is 0 Å². The first-order chi connectivity index (χ1) is 52.0. The number of benzene rings is 2. The van der Waals surface area contributed by atoms with E-state index in [2.05, 4.69) is 90.0 Å². The number of hydrogen-bond donors (Lipinski definition) is 6. The molecule has 0 saturated heterocycles. The summed E-state index contributed by atoms with van der Waals surface area (Å²) in [7, 11) is -9.05. The number of aromatic hydroxyl groups is 2. The number of phenols is 2. The van der Waals surface area contributed by atoms with E-state index in [9.17, 15) is 38.9 Å². The molecule has 2 rings (SSSR count). The topological polar surface area (TPSA) is 156 Å². The molecule has 2 aromatic carbocycles. The standard InChI is InChI=1S/C51H97O4P.C48H91O4P/c1-9-11-13-15-17-19-21-23-25-27-29-31-33-35-37-39-41-51(56(53,54)55,45-43-46(49(3,4)5)48(52)47(44-45)50(6,7)8)42-40-38-36-34-32-30-28-26-24-22-20-18-16-14-12-10-2;1-7-9-11-13-15-17-19-21-23-25-27-29-31-33-35-37-39-48(53(50,51)52,44-41-43(3)46(49)45(42-44)47(4,5)6)40-38-36-34-32-30-28-26-24-22-20-18-16-14-12-10-8-2/h43-44,52H,9-42H2,1-8H3,(H2,53,54,55);41-42,49H,7-40H2,1-6H3,(H2,50,51,52). The minimum atomic E-state index is -4.55. The molecule has 0 amide bonds. The van der Waals surface area contributed by atoms with Crippen molar-refractivity contribution in [3.63, 3.8) is 0 Å². The fourth-order valence-corrected chi connectivity index (χ4v) is 20.0. The zero-order chi connectivity index (χ0) is 81.0. The number of unbranched alkanes of at least 4 members (excludes halogenated alkanes) is 60.